The van der Waals surface area contributed by atoms with Crippen LogP contribution < -0.4 is 5.32 Å². The van der Waals surface area contributed by atoms with Crippen LogP contribution in [0.4, 0.5) is 0 Å². The van der Waals surface area contributed by atoms with Gasteiger partial charge in [0.2, 0.25) is 5.91 Å². The van der Waals surface area contributed by atoms with Gasteiger partial charge in [-0.2, -0.15) is 5.10 Å². The monoisotopic (exact) mass is 325 g/mol. The van der Waals surface area contributed by atoms with Crippen LogP contribution in [0.1, 0.15) is 37.7 Å². The number of carboxylic acid groups (broad SMARTS) is 1. The second-order valence-corrected chi connectivity index (χ2v) is 6.52. The highest BCUT2D eigenvalue weighted by atomic mass is 16.5. The maximum Gasteiger partial charge on any atom is 0.331 e. The van der Waals surface area contributed by atoms with Crippen molar-refractivity contribution in [3.8, 4) is 0 Å². The molecule has 23 heavy (non-hydrogen) atoms. The van der Waals surface area contributed by atoms with Gasteiger partial charge in [0.15, 0.2) is 5.54 Å². The largest absolute Gasteiger partial charge is 0.479 e. The number of aryl methyl sites for hydroxylation is 1. The van der Waals surface area contributed by atoms with E-state index in [-0.39, 0.29) is 18.9 Å². The van der Waals surface area contributed by atoms with Crippen LogP contribution >= 0.6 is 0 Å². The molecule has 1 rings (SSSR count). The van der Waals surface area contributed by atoms with E-state index in [0.29, 0.717) is 5.92 Å². The molecule has 0 aliphatic carbocycles. The number of nitrogens with one attached hydrogen (secondary N) is 1. The van der Waals surface area contributed by atoms with Gasteiger partial charge in [-0.15, -0.1) is 0 Å². The number of hydrogen-bond acceptors (Lipinski definition) is 4. The highest BCUT2D eigenvalue weighted by Gasteiger charge is 2.35. The first kappa shape index (κ1) is 19.2. The topological polar surface area (TPSA) is 93.5 Å². The van der Waals surface area contributed by atoms with E-state index in [2.05, 4.69) is 24.3 Å². The predicted octanol–water partition coefficient (Wildman–Crippen LogP) is 1.30. The highest BCUT2D eigenvalue weighted by Crippen LogP contribution is 2.16. The molecule has 0 saturated heterocycles. The van der Waals surface area contributed by atoms with Crippen molar-refractivity contribution in [2.24, 2.45) is 5.92 Å². The molecular formula is C16H27N3O4. The minimum atomic E-state index is -1.44. The van der Waals surface area contributed by atoms with E-state index < -0.39 is 11.5 Å². The van der Waals surface area contributed by atoms with Crippen LogP contribution in [0, 0.1) is 19.8 Å². The standard InChI is InChI=1S/C16H27N3O4/c1-10(2)8-19-12(4)13(11(3)18-19)7-14(20)17-16(5,9-23-6)15(21)22/h10H,7-9H2,1-6H3,(H,17,20)(H,21,22). The summed E-state index contributed by atoms with van der Waals surface area (Å²) in [6.07, 6.45) is 0.0995. The van der Waals surface area contributed by atoms with Crippen molar-refractivity contribution in [1.29, 1.82) is 0 Å². The average Bonchev–Trinajstić information content (AvgIpc) is 2.65. The summed E-state index contributed by atoms with van der Waals surface area (Å²) >= 11 is 0. The molecule has 0 spiro atoms. The van der Waals surface area contributed by atoms with E-state index in [9.17, 15) is 14.7 Å². The normalized spacial score (nSPS) is 13.9. The summed E-state index contributed by atoms with van der Waals surface area (Å²) in [5.41, 5.74) is 1.13. The lowest BCUT2D eigenvalue weighted by Crippen LogP contribution is -2.55. The van der Waals surface area contributed by atoms with Crippen LogP contribution in [-0.2, 0) is 27.3 Å². The fourth-order valence-corrected chi connectivity index (χ4v) is 2.47. The Balaban J connectivity index is 2.89. The number of methoxy groups -OCH3 is 1. The number of carbonyl (C=O) groups excluding carboxylic acids is 1. The van der Waals surface area contributed by atoms with Gasteiger partial charge >= 0.3 is 5.97 Å². The Labute approximate surface area is 137 Å². The molecule has 0 fully saturated rings. The molecule has 0 radical (unpaired) electrons. The van der Waals surface area contributed by atoms with E-state index in [0.717, 1.165) is 23.5 Å². The number of aliphatic carboxylic acids is 1. The van der Waals surface area contributed by atoms with Crippen molar-refractivity contribution in [2.75, 3.05) is 13.7 Å². The van der Waals surface area contributed by atoms with Crippen LogP contribution in [0.3, 0.4) is 0 Å². The molecule has 1 aromatic rings. The number of hydrogen-bond donors (Lipinski definition) is 2. The van der Waals surface area contributed by atoms with Gasteiger partial charge in [0.1, 0.15) is 0 Å². The first-order valence-corrected chi connectivity index (χ1v) is 7.67. The Hall–Kier alpha value is -1.89. The number of rotatable bonds is 8. The smallest absolute Gasteiger partial charge is 0.331 e. The van der Waals surface area contributed by atoms with Gasteiger partial charge in [-0.1, -0.05) is 13.8 Å². The van der Waals surface area contributed by atoms with Gasteiger partial charge in [-0.05, 0) is 26.7 Å². The van der Waals surface area contributed by atoms with Crippen LogP contribution in [0.5, 0.6) is 0 Å². The fraction of sp³-hybridized carbons (Fsp3) is 0.688. The molecule has 1 amide bonds. The van der Waals surface area contributed by atoms with E-state index in [1.54, 1.807) is 0 Å². The molecule has 7 heteroatoms. The molecule has 1 atom stereocenters. The van der Waals surface area contributed by atoms with Gasteiger partial charge in [0.25, 0.3) is 0 Å². The second kappa shape index (κ2) is 7.59. The van der Waals surface area contributed by atoms with E-state index in [4.69, 9.17) is 4.74 Å². The molecule has 0 bridgehead atoms. The minimum Gasteiger partial charge on any atom is -0.479 e. The van der Waals surface area contributed by atoms with E-state index in [1.807, 2.05) is 18.5 Å². The number of ether oxygens (including phenoxy) is 1. The van der Waals surface area contributed by atoms with Crippen molar-refractivity contribution in [2.45, 2.75) is 53.1 Å². The molecule has 0 aliphatic rings. The average molecular weight is 325 g/mol. The van der Waals surface area contributed by atoms with Gasteiger partial charge in [0.05, 0.1) is 18.7 Å². The molecule has 0 saturated carbocycles. The zero-order chi connectivity index (χ0) is 17.8. The summed E-state index contributed by atoms with van der Waals surface area (Å²) in [5, 5.41) is 16.3. The zero-order valence-electron chi connectivity index (χ0n) is 14.8. The second-order valence-electron chi connectivity index (χ2n) is 6.52. The first-order chi connectivity index (χ1) is 10.6. The molecular weight excluding hydrogens is 298 g/mol. The third-order valence-electron chi connectivity index (χ3n) is 3.73. The third kappa shape index (κ3) is 4.79. The van der Waals surface area contributed by atoms with Gasteiger partial charge in [-0.25, -0.2) is 4.79 Å². The van der Waals surface area contributed by atoms with Crippen molar-refractivity contribution in [1.82, 2.24) is 15.1 Å². The van der Waals surface area contributed by atoms with Gasteiger partial charge < -0.3 is 15.2 Å². The van der Waals surface area contributed by atoms with Crippen LogP contribution in [-0.4, -0.2) is 46.0 Å². The summed E-state index contributed by atoms with van der Waals surface area (Å²) in [5.74, 6) is -1.04. The Bertz CT molecular complexity index is 580. The number of aromatic nitrogens is 2. The first-order valence-electron chi connectivity index (χ1n) is 7.67. The molecule has 1 aromatic heterocycles. The van der Waals surface area contributed by atoms with Crippen molar-refractivity contribution in [3.63, 3.8) is 0 Å². The molecule has 0 aromatic carbocycles. The summed E-state index contributed by atoms with van der Waals surface area (Å²) in [4.78, 5) is 23.6. The molecule has 1 heterocycles. The Morgan fingerprint density at radius 2 is 2.00 bits per heavy atom. The molecule has 2 N–H and O–H groups in total. The summed E-state index contributed by atoms with van der Waals surface area (Å²) < 4.78 is 6.80. The van der Waals surface area contributed by atoms with E-state index >= 15 is 0 Å². The quantitative estimate of drug-likeness (QED) is 0.751. The number of carbonyl (C=O) groups is 2. The Morgan fingerprint density at radius 3 is 2.48 bits per heavy atom. The lowest BCUT2D eigenvalue weighted by Gasteiger charge is -2.25. The van der Waals surface area contributed by atoms with Gasteiger partial charge in [-0.3, -0.25) is 9.48 Å². The summed E-state index contributed by atoms with van der Waals surface area (Å²) in [7, 11) is 1.40. The lowest BCUT2D eigenvalue weighted by atomic mass is 10.0. The molecule has 0 aliphatic heterocycles. The lowest BCUT2D eigenvalue weighted by molar-refractivity contribution is -0.149. The number of nitrogens with zero attached hydrogens (tertiary/aromatic N) is 2. The summed E-state index contributed by atoms with van der Waals surface area (Å²) in [6, 6.07) is 0. The van der Waals surface area contributed by atoms with Crippen LogP contribution in [0.25, 0.3) is 0 Å². The van der Waals surface area contributed by atoms with Crippen molar-refractivity contribution < 1.29 is 19.4 Å². The molecule has 7 nitrogen and oxygen atoms in total. The fourth-order valence-electron chi connectivity index (χ4n) is 2.47. The van der Waals surface area contributed by atoms with Crippen LogP contribution in [0.2, 0.25) is 0 Å². The van der Waals surface area contributed by atoms with Crippen molar-refractivity contribution in [3.05, 3.63) is 17.0 Å². The Morgan fingerprint density at radius 1 is 1.39 bits per heavy atom. The SMILES string of the molecule is COCC(C)(NC(=O)Cc1c(C)nn(CC(C)C)c1C)C(=O)O. The zero-order valence-corrected chi connectivity index (χ0v) is 14.8. The molecule has 130 valence electrons. The maximum atomic E-state index is 12.3. The van der Waals surface area contributed by atoms with Crippen LogP contribution in [0.15, 0.2) is 0 Å². The number of carboxylic acids is 1. The van der Waals surface area contributed by atoms with E-state index in [1.165, 1.54) is 14.0 Å². The Kier molecular flexibility index (Phi) is 6.32. The predicted molar refractivity (Wildman–Crippen MR) is 86.3 cm³/mol. The third-order valence-corrected chi connectivity index (χ3v) is 3.73. The minimum absolute atomic E-state index is 0.0986. The van der Waals surface area contributed by atoms with Crippen molar-refractivity contribution >= 4 is 11.9 Å². The number of amides is 1. The highest BCUT2D eigenvalue weighted by molar-refractivity contribution is 5.88. The summed E-state index contributed by atoms with van der Waals surface area (Å²) in [6.45, 7) is 10.1. The van der Waals surface area contributed by atoms with Gasteiger partial charge in [0, 0.05) is 24.9 Å². The maximum absolute atomic E-state index is 12.3. The molecule has 1 unspecified atom stereocenters.